The van der Waals surface area contributed by atoms with E-state index in [1.807, 2.05) is 0 Å². The first-order valence-electron chi connectivity index (χ1n) is 9.83. The van der Waals surface area contributed by atoms with E-state index in [0.717, 1.165) is 50.2 Å². The normalized spacial score (nSPS) is 32.5. The van der Waals surface area contributed by atoms with Crippen LogP contribution in [0, 0.1) is 11.7 Å². The zero-order valence-corrected chi connectivity index (χ0v) is 16.4. The Bertz CT molecular complexity index is 587. The molecule has 1 saturated heterocycles. The minimum atomic E-state index is -0.233. The van der Waals surface area contributed by atoms with E-state index in [2.05, 4.69) is 0 Å². The van der Waals surface area contributed by atoms with Gasteiger partial charge in [-0.25, -0.2) is 4.39 Å². The summed E-state index contributed by atoms with van der Waals surface area (Å²) in [5, 5.41) is 0.697. The summed E-state index contributed by atoms with van der Waals surface area (Å²) >= 11 is 6.28. The molecule has 1 aromatic rings. The fraction of sp³-hybridized carbons (Fsp3) is 0.714. The van der Waals surface area contributed by atoms with Crippen LogP contribution in [0.1, 0.15) is 62.8 Å². The quantitative estimate of drug-likeness (QED) is 0.747. The summed E-state index contributed by atoms with van der Waals surface area (Å²) in [4.78, 5) is 0. The van der Waals surface area contributed by atoms with Gasteiger partial charge in [0, 0.05) is 24.3 Å². The molecule has 1 aliphatic heterocycles. The second-order valence-electron chi connectivity index (χ2n) is 8.20. The molecule has 2 fully saturated rings. The van der Waals surface area contributed by atoms with E-state index in [9.17, 15) is 4.39 Å². The monoisotopic (exact) mass is 383 g/mol. The molecule has 2 aliphatic rings. The number of hydrogen-bond acceptors (Lipinski definition) is 3. The van der Waals surface area contributed by atoms with Crippen molar-refractivity contribution in [3.05, 3.63) is 34.6 Å². The average Bonchev–Trinajstić information content (AvgIpc) is 2.63. The lowest BCUT2D eigenvalue weighted by Gasteiger charge is -2.38. The summed E-state index contributed by atoms with van der Waals surface area (Å²) < 4.78 is 24.7. The lowest BCUT2D eigenvalue weighted by atomic mass is 9.76. The highest BCUT2D eigenvalue weighted by Crippen LogP contribution is 2.40. The second kappa shape index (κ2) is 9.01. The van der Waals surface area contributed by atoms with Crippen molar-refractivity contribution in [1.29, 1.82) is 0 Å². The first-order chi connectivity index (χ1) is 12.5. The highest BCUT2D eigenvalue weighted by Gasteiger charge is 2.34. The van der Waals surface area contributed by atoms with E-state index in [4.69, 9.17) is 26.8 Å². The SMILES string of the molecule is COCC1(N)CCOC(CCC2CCC(c3cc(F)ccc3Cl)CC2)C1. The van der Waals surface area contributed by atoms with E-state index in [1.165, 1.54) is 25.3 Å². The predicted molar refractivity (Wildman–Crippen MR) is 103 cm³/mol. The van der Waals surface area contributed by atoms with Gasteiger partial charge in [0.25, 0.3) is 0 Å². The van der Waals surface area contributed by atoms with E-state index in [-0.39, 0.29) is 17.5 Å². The van der Waals surface area contributed by atoms with Crippen molar-refractivity contribution in [3.63, 3.8) is 0 Å². The van der Waals surface area contributed by atoms with Gasteiger partial charge in [0.15, 0.2) is 0 Å². The molecule has 1 saturated carbocycles. The van der Waals surface area contributed by atoms with Crippen LogP contribution in [0.25, 0.3) is 0 Å². The van der Waals surface area contributed by atoms with Crippen LogP contribution < -0.4 is 5.73 Å². The number of rotatable bonds is 6. The maximum Gasteiger partial charge on any atom is 0.123 e. The van der Waals surface area contributed by atoms with E-state index >= 15 is 0 Å². The second-order valence-corrected chi connectivity index (χ2v) is 8.61. The minimum Gasteiger partial charge on any atom is -0.383 e. The van der Waals surface area contributed by atoms with Crippen molar-refractivity contribution < 1.29 is 13.9 Å². The Balaban J connectivity index is 1.45. The molecule has 26 heavy (non-hydrogen) atoms. The summed E-state index contributed by atoms with van der Waals surface area (Å²) in [5.41, 5.74) is 7.18. The molecule has 0 radical (unpaired) electrons. The number of benzene rings is 1. The van der Waals surface area contributed by atoms with Crippen LogP contribution in [0.4, 0.5) is 4.39 Å². The predicted octanol–water partition coefficient (Wildman–Crippen LogP) is 5.06. The molecule has 2 atom stereocenters. The Morgan fingerprint density at radius 3 is 2.77 bits per heavy atom. The molecule has 2 N–H and O–H groups in total. The first-order valence-corrected chi connectivity index (χ1v) is 10.2. The standard InChI is InChI=1S/C21H31ClFNO2/c1-25-14-21(24)10-11-26-18(13-21)8-4-15-2-5-16(6-3-15)19-12-17(23)7-9-20(19)22/h7,9,12,15-16,18H,2-6,8,10-11,13-14,24H2,1H3. The van der Waals surface area contributed by atoms with Crippen LogP contribution >= 0.6 is 11.6 Å². The molecule has 1 heterocycles. The molecule has 146 valence electrons. The maximum atomic E-state index is 13.5. The Labute approximate surface area is 161 Å². The zero-order valence-electron chi connectivity index (χ0n) is 15.7. The van der Waals surface area contributed by atoms with Crippen molar-refractivity contribution in [2.45, 2.75) is 68.9 Å². The van der Waals surface area contributed by atoms with Crippen LogP contribution in [0.2, 0.25) is 5.02 Å². The fourth-order valence-corrected chi connectivity index (χ4v) is 4.93. The third-order valence-electron chi connectivity index (χ3n) is 6.16. The summed E-state index contributed by atoms with van der Waals surface area (Å²) in [7, 11) is 1.71. The third-order valence-corrected chi connectivity index (χ3v) is 6.51. The Kier molecular flexibility index (Phi) is 6.95. The molecule has 3 rings (SSSR count). The smallest absolute Gasteiger partial charge is 0.123 e. The molecule has 0 spiro atoms. The van der Waals surface area contributed by atoms with Gasteiger partial charge in [-0.15, -0.1) is 0 Å². The minimum absolute atomic E-state index is 0.192. The molecule has 5 heteroatoms. The van der Waals surface area contributed by atoms with Crippen molar-refractivity contribution in [3.8, 4) is 0 Å². The highest BCUT2D eigenvalue weighted by atomic mass is 35.5. The van der Waals surface area contributed by atoms with Crippen LogP contribution in [-0.4, -0.2) is 32.0 Å². The summed E-state index contributed by atoms with van der Waals surface area (Å²) in [6, 6.07) is 4.72. The van der Waals surface area contributed by atoms with Gasteiger partial charge in [0.2, 0.25) is 0 Å². The molecule has 1 aromatic carbocycles. The first kappa shape index (κ1) is 20.1. The molecule has 0 amide bonds. The summed E-state index contributed by atoms with van der Waals surface area (Å²) in [6.45, 7) is 1.34. The number of nitrogens with two attached hydrogens (primary N) is 1. The summed E-state index contributed by atoms with van der Waals surface area (Å²) in [6.07, 6.45) is 8.78. The third kappa shape index (κ3) is 5.19. The van der Waals surface area contributed by atoms with E-state index in [0.29, 0.717) is 17.5 Å². The number of ether oxygens (including phenoxy) is 2. The van der Waals surface area contributed by atoms with Crippen LogP contribution in [0.5, 0.6) is 0 Å². The van der Waals surface area contributed by atoms with E-state index < -0.39 is 0 Å². The number of methoxy groups -OCH3 is 1. The number of hydrogen-bond donors (Lipinski definition) is 1. The Morgan fingerprint density at radius 1 is 1.27 bits per heavy atom. The Hall–Kier alpha value is -0.680. The number of halogens is 2. The van der Waals surface area contributed by atoms with Gasteiger partial charge >= 0.3 is 0 Å². The Morgan fingerprint density at radius 2 is 2.04 bits per heavy atom. The molecular formula is C21H31ClFNO2. The topological polar surface area (TPSA) is 44.5 Å². The van der Waals surface area contributed by atoms with Crippen molar-refractivity contribution >= 4 is 11.6 Å². The molecule has 0 bridgehead atoms. The van der Waals surface area contributed by atoms with Gasteiger partial charge < -0.3 is 15.2 Å². The fourth-order valence-electron chi connectivity index (χ4n) is 4.66. The lowest BCUT2D eigenvalue weighted by Crippen LogP contribution is -2.51. The molecule has 3 nitrogen and oxygen atoms in total. The van der Waals surface area contributed by atoms with Crippen LogP contribution in [0.15, 0.2) is 18.2 Å². The molecule has 2 unspecified atom stereocenters. The van der Waals surface area contributed by atoms with Crippen molar-refractivity contribution in [2.24, 2.45) is 11.7 Å². The van der Waals surface area contributed by atoms with Crippen molar-refractivity contribution in [1.82, 2.24) is 0 Å². The van der Waals surface area contributed by atoms with Gasteiger partial charge in [-0.1, -0.05) is 11.6 Å². The zero-order chi connectivity index (χ0) is 18.6. The highest BCUT2D eigenvalue weighted by molar-refractivity contribution is 6.31. The summed E-state index contributed by atoms with van der Waals surface area (Å²) in [5.74, 6) is 0.916. The molecule has 1 aliphatic carbocycles. The van der Waals surface area contributed by atoms with Gasteiger partial charge in [-0.3, -0.25) is 0 Å². The van der Waals surface area contributed by atoms with Crippen LogP contribution in [-0.2, 0) is 9.47 Å². The van der Waals surface area contributed by atoms with Crippen molar-refractivity contribution in [2.75, 3.05) is 20.3 Å². The van der Waals surface area contributed by atoms with E-state index in [1.54, 1.807) is 19.2 Å². The van der Waals surface area contributed by atoms with Gasteiger partial charge in [-0.2, -0.15) is 0 Å². The van der Waals surface area contributed by atoms with Crippen LogP contribution in [0.3, 0.4) is 0 Å². The van der Waals surface area contributed by atoms with Gasteiger partial charge in [0.05, 0.1) is 12.7 Å². The van der Waals surface area contributed by atoms with Gasteiger partial charge in [-0.05, 0) is 87.0 Å². The average molecular weight is 384 g/mol. The maximum absolute atomic E-state index is 13.5. The molecule has 0 aromatic heterocycles. The largest absolute Gasteiger partial charge is 0.383 e. The lowest BCUT2D eigenvalue weighted by molar-refractivity contribution is -0.0440. The molecular weight excluding hydrogens is 353 g/mol. The van der Waals surface area contributed by atoms with Gasteiger partial charge in [0.1, 0.15) is 5.82 Å².